The number of carboxylic acids is 1. The van der Waals surface area contributed by atoms with Crippen molar-refractivity contribution in [1.29, 1.82) is 0 Å². The molecule has 0 bridgehead atoms. The number of hydrogen-bond acceptors (Lipinski definition) is 2. The Hall–Kier alpha value is -0.570. The maximum atomic E-state index is 10.2. The van der Waals surface area contributed by atoms with E-state index in [9.17, 15) is 4.79 Å². The molecule has 0 heterocycles. The molecule has 0 aromatic carbocycles. The maximum absolute atomic E-state index is 10.2. The van der Waals surface area contributed by atoms with Crippen LogP contribution in [0, 0.1) is 0 Å². The van der Waals surface area contributed by atoms with Crippen LogP contribution in [-0.4, -0.2) is 36.1 Å². The molecular formula is C11H23NO2. The van der Waals surface area contributed by atoms with Gasteiger partial charge >= 0.3 is 5.97 Å². The van der Waals surface area contributed by atoms with Crippen LogP contribution in [0.15, 0.2) is 0 Å². The quantitative estimate of drug-likeness (QED) is 0.582. The first kappa shape index (κ1) is 13.4. The van der Waals surface area contributed by atoms with Gasteiger partial charge in [0, 0.05) is 6.42 Å². The van der Waals surface area contributed by atoms with Crippen LogP contribution in [0.3, 0.4) is 0 Å². The van der Waals surface area contributed by atoms with Crippen molar-refractivity contribution in [3.8, 4) is 0 Å². The molecule has 0 aliphatic heterocycles. The fourth-order valence-corrected chi connectivity index (χ4v) is 1.37. The third-order valence-corrected chi connectivity index (χ3v) is 2.32. The standard InChI is InChI=1S/C11H23NO2/c1-3-4-9-12(2)10-7-5-6-8-11(13)14/h3-10H2,1-2H3,(H,13,14). The second-order valence-electron chi connectivity index (χ2n) is 3.86. The summed E-state index contributed by atoms with van der Waals surface area (Å²) >= 11 is 0. The van der Waals surface area contributed by atoms with E-state index in [-0.39, 0.29) is 0 Å². The van der Waals surface area contributed by atoms with Crippen LogP contribution < -0.4 is 0 Å². The Morgan fingerprint density at radius 3 is 2.36 bits per heavy atom. The molecule has 0 amide bonds. The first-order chi connectivity index (χ1) is 6.66. The number of hydrogen-bond donors (Lipinski definition) is 1. The number of nitrogens with zero attached hydrogens (tertiary/aromatic N) is 1. The van der Waals surface area contributed by atoms with Gasteiger partial charge in [0.25, 0.3) is 0 Å². The van der Waals surface area contributed by atoms with Gasteiger partial charge in [-0.05, 0) is 39.4 Å². The summed E-state index contributed by atoms with van der Waals surface area (Å²) in [6.45, 7) is 4.45. The summed E-state index contributed by atoms with van der Waals surface area (Å²) in [7, 11) is 2.13. The van der Waals surface area contributed by atoms with Crippen LogP contribution in [0.25, 0.3) is 0 Å². The van der Waals surface area contributed by atoms with E-state index in [1.165, 1.54) is 12.8 Å². The number of aliphatic carboxylic acids is 1. The maximum Gasteiger partial charge on any atom is 0.303 e. The van der Waals surface area contributed by atoms with E-state index in [0.717, 1.165) is 32.4 Å². The summed E-state index contributed by atoms with van der Waals surface area (Å²) in [5.74, 6) is -0.677. The summed E-state index contributed by atoms with van der Waals surface area (Å²) in [5.41, 5.74) is 0. The molecule has 0 unspecified atom stereocenters. The second-order valence-corrected chi connectivity index (χ2v) is 3.86. The van der Waals surface area contributed by atoms with Gasteiger partial charge in [0.1, 0.15) is 0 Å². The van der Waals surface area contributed by atoms with Crippen LogP contribution in [0.2, 0.25) is 0 Å². The van der Waals surface area contributed by atoms with Crippen LogP contribution in [0.5, 0.6) is 0 Å². The van der Waals surface area contributed by atoms with E-state index < -0.39 is 5.97 Å². The fourth-order valence-electron chi connectivity index (χ4n) is 1.37. The molecule has 0 spiro atoms. The molecular weight excluding hydrogens is 178 g/mol. The Kier molecular flexibility index (Phi) is 8.64. The van der Waals surface area contributed by atoms with Crippen molar-refractivity contribution in [2.24, 2.45) is 0 Å². The van der Waals surface area contributed by atoms with Crippen molar-refractivity contribution < 1.29 is 9.90 Å². The number of rotatable bonds is 9. The van der Waals surface area contributed by atoms with Crippen molar-refractivity contribution in [2.45, 2.75) is 45.4 Å². The molecule has 84 valence electrons. The van der Waals surface area contributed by atoms with Gasteiger partial charge in [-0.3, -0.25) is 4.79 Å². The molecule has 0 aliphatic rings. The van der Waals surface area contributed by atoms with Crippen molar-refractivity contribution >= 4 is 5.97 Å². The molecule has 3 heteroatoms. The van der Waals surface area contributed by atoms with Crippen molar-refractivity contribution in [1.82, 2.24) is 4.90 Å². The van der Waals surface area contributed by atoms with E-state index in [0.29, 0.717) is 6.42 Å². The summed E-state index contributed by atoms with van der Waals surface area (Å²) in [5, 5.41) is 8.43. The van der Waals surface area contributed by atoms with Crippen LogP contribution >= 0.6 is 0 Å². The number of carboxylic acid groups (broad SMARTS) is 1. The lowest BCUT2D eigenvalue weighted by molar-refractivity contribution is -0.137. The van der Waals surface area contributed by atoms with Crippen molar-refractivity contribution in [3.63, 3.8) is 0 Å². The molecule has 0 aromatic heterocycles. The van der Waals surface area contributed by atoms with E-state index in [2.05, 4.69) is 18.9 Å². The van der Waals surface area contributed by atoms with Crippen LogP contribution in [0.4, 0.5) is 0 Å². The topological polar surface area (TPSA) is 40.5 Å². The fraction of sp³-hybridized carbons (Fsp3) is 0.909. The zero-order valence-electron chi connectivity index (χ0n) is 9.46. The normalized spacial score (nSPS) is 10.8. The molecule has 0 rings (SSSR count). The first-order valence-corrected chi connectivity index (χ1v) is 5.57. The lowest BCUT2D eigenvalue weighted by Crippen LogP contribution is -2.20. The van der Waals surface area contributed by atoms with Crippen LogP contribution in [-0.2, 0) is 4.79 Å². The molecule has 0 aromatic rings. The lowest BCUT2D eigenvalue weighted by atomic mass is 10.2. The first-order valence-electron chi connectivity index (χ1n) is 5.57. The summed E-state index contributed by atoms with van der Waals surface area (Å²) in [6.07, 6.45) is 5.78. The minimum Gasteiger partial charge on any atom is -0.481 e. The third kappa shape index (κ3) is 9.52. The summed E-state index contributed by atoms with van der Waals surface area (Å²) in [6, 6.07) is 0. The summed E-state index contributed by atoms with van der Waals surface area (Å²) in [4.78, 5) is 12.6. The molecule has 0 saturated carbocycles. The monoisotopic (exact) mass is 201 g/mol. The second kappa shape index (κ2) is 9.00. The number of carbonyl (C=O) groups is 1. The largest absolute Gasteiger partial charge is 0.481 e. The highest BCUT2D eigenvalue weighted by molar-refractivity contribution is 5.66. The molecule has 0 fully saturated rings. The highest BCUT2D eigenvalue weighted by atomic mass is 16.4. The van der Waals surface area contributed by atoms with Gasteiger partial charge in [0.05, 0.1) is 0 Å². The Balaban J connectivity index is 3.14. The zero-order chi connectivity index (χ0) is 10.8. The van der Waals surface area contributed by atoms with Crippen LogP contribution in [0.1, 0.15) is 45.4 Å². The molecule has 14 heavy (non-hydrogen) atoms. The van der Waals surface area contributed by atoms with Gasteiger partial charge in [-0.1, -0.05) is 19.8 Å². The average molecular weight is 201 g/mol. The van der Waals surface area contributed by atoms with Gasteiger partial charge < -0.3 is 10.0 Å². The highest BCUT2D eigenvalue weighted by Gasteiger charge is 1.99. The molecule has 3 nitrogen and oxygen atoms in total. The minimum absolute atomic E-state index is 0.318. The van der Waals surface area contributed by atoms with E-state index >= 15 is 0 Å². The molecule has 1 N–H and O–H groups in total. The van der Waals surface area contributed by atoms with Gasteiger partial charge in [0.2, 0.25) is 0 Å². The third-order valence-electron chi connectivity index (χ3n) is 2.32. The molecule has 0 atom stereocenters. The number of unbranched alkanes of at least 4 members (excludes halogenated alkanes) is 3. The van der Waals surface area contributed by atoms with Gasteiger partial charge in [0.15, 0.2) is 0 Å². The molecule has 0 aliphatic carbocycles. The Labute approximate surface area is 87.1 Å². The van der Waals surface area contributed by atoms with E-state index in [4.69, 9.17) is 5.11 Å². The smallest absolute Gasteiger partial charge is 0.303 e. The Morgan fingerprint density at radius 1 is 1.14 bits per heavy atom. The molecule has 0 radical (unpaired) electrons. The van der Waals surface area contributed by atoms with Gasteiger partial charge in [-0.25, -0.2) is 0 Å². The average Bonchev–Trinajstić information content (AvgIpc) is 2.13. The zero-order valence-corrected chi connectivity index (χ0v) is 9.46. The van der Waals surface area contributed by atoms with Crippen molar-refractivity contribution in [3.05, 3.63) is 0 Å². The Morgan fingerprint density at radius 2 is 1.79 bits per heavy atom. The highest BCUT2D eigenvalue weighted by Crippen LogP contribution is 2.01. The predicted octanol–water partition coefficient (Wildman–Crippen LogP) is 2.36. The summed E-state index contributed by atoms with van der Waals surface area (Å²) < 4.78 is 0. The molecule has 0 saturated heterocycles. The van der Waals surface area contributed by atoms with Crippen molar-refractivity contribution in [2.75, 3.05) is 20.1 Å². The van der Waals surface area contributed by atoms with Gasteiger partial charge in [-0.15, -0.1) is 0 Å². The Bertz CT molecular complexity index is 148. The lowest BCUT2D eigenvalue weighted by Gasteiger charge is -2.15. The SMILES string of the molecule is CCCCN(C)CCCCCC(=O)O. The van der Waals surface area contributed by atoms with Gasteiger partial charge in [-0.2, -0.15) is 0 Å². The minimum atomic E-state index is -0.677. The predicted molar refractivity (Wildman–Crippen MR) is 58.5 cm³/mol. The van der Waals surface area contributed by atoms with E-state index in [1.807, 2.05) is 0 Å². The van der Waals surface area contributed by atoms with E-state index in [1.54, 1.807) is 0 Å².